The molecule has 0 amide bonds. The van der Waals surface area contributed by atoms with Crippen molar-refractivity contribution in [3.63, 3.8) is 0 Å². The van der Waals surface area contributed by atoms with Crippen LogP contribution in [0.2, 0.25) is 0 Å². The first-order valence-corrected chi connectivity index (χ1v) is 4.61. The Balaban J connectivity index is 2.53. The van der Waals surface area contributed by atoms with Gasteiger partial charge in [0.15, 0.2) is 0 Å². The molecule has 72 valence electrons. The van der Waals surface area contributed by atoms with Gasteiger partial charge in [-0.1, -0.05) is 24.3 Å². The van der Waals surface area contributed by atoms with Crippen LogP contribution < -0.4 is 4.74 Å². The molecular weight excluding hydrogens is 176 g/mol. The second-order valence-corrected chi connectivity index (χ2v) is 3.71. The fourth-order valence-electron chi connectivity index (χ4n) is 1.82. The molecule has 0 unspecified atom stereocenters. The van der Waals surface area contributed by atoms with Crippen LogP contribution in [0.25, 0.3) is 0 Å². The fraction of sp³-hybridized carbons (Fsp3) is 0.250. The Morgan fingerprint density at radius 3 is 2.93 bits per heavy atom. The van der Waals surface area contributed by atoms with Crippen LogP contribution in [0.1, 0.15) is 18.9 Å². The number of esters is 1. The number of allylic oxidation sites excluding steroid dienone is 1. The molecule has 0 bridgehead atoms. The number of para-hydroxylation sites is 1. The average Bonchev–Trinajstić information content (AvgIpc) is 2.41. The SMILES string of the molecule is C=CC[C@]1(C)C(=O)Oc2ccccc21. The minimum Gasteiger partial charge on any atom is -0.426 e. The van der Waals surface area contributed by atoms with E-state index in [-0.39, 0.29) is 5.97 Å². The second kappa shape index (κ2) is 2.98. The average molecular weight is 188 g/mol. The highest BCUT2D eigenvalue weighted by atomic mass is 16.5. The molecule has 1 aliphatic rings. The van der Waals surface area contributed by atoms with Crippen LogP contribution in [-0.4, -0.2) is 5.97 Å². The molecule has 1 aromatic rings. The van der Waals surface area contributed by atoms with Crippen molar-refractivity contribution < 1.29 is 9.53 Å². The Labute approximate surface area is 83.2 Å². The zero-order valence-corrected chi connectivity index (χ0v) is 8.12. The van der Waals surface area contributed by atoms with Crippen LogP contribution in [0, 0.1) is 0 Å². The summed E-state index contributed by atoms with van der Waals surface area (Å²) in [6.07, 6.45) is 2.37. The highest BCUT2D eigenvalue weighted by Gasteiger charge is 2.43. The molecule has 0 saturated carbocycles. The van der Waals surface area contributed by atoms with Gasteiger partial charge in [0.1, 0.15) is 5.75 Å². The van der Waals surface area contributed by atoms with Crippen molar-refractivity contribution in [1.29, 1.82) is 0 Å². The predicted octanol–water partition coefficient (Wildman–Crippen LogP) is 2.44. The number of fused-ring (bicyclic) bond motifs is 1. The highest BCUT2D eigenvalue weighted by molar-refractivity contribution is 5.90. The molecule has 1 atom stereocenters. The van der Waals surface area contributed by atoms with Gasteiger partial charge in [0.2, 0.25) is 0 Å². The van der Waals surface area contributed by atoms with Crippen LogP contribution >= 0.6 is 0 Å². The van der Waals surface area contributed by atoms with E-state index < -0.39 is 5.41 Å². The van der Waals surface area contributed by atoms with E-state index in [0.717, 1.165) is 5.56 Å². The van der Waals surface area contributed by atoms with Crippen LogP contribution in [0.3, 0.4) is 0 Å². The zero-order chi connectivity index (χ0) is 10.2. The first-order chi connectivity index (χ1) is 6.68. The quantitative estimate of drug-likeness (QED) is 0.405. The standard InChI is InChI=1S/C12H12O2/c1-3-8-12(2)9-6-4-5-7-10(9)14-11(12)13/h3-7H,1,8H2,2H3/t12-/m0/s1. The van der Waals surface area contributed by atoms with Crippen molar-refractivity contribution in [2.24, 2.45) is 0 Å². The van der Waals surface area contributed by atoms with Gasteiger partial charge < -0.3 is 4.74 Å². The zero-order valence-electron chi connectivity index (χ0n) is 8.12. The Morgan fingerprint density at radius 1 is 1.50 bits per heavy atom. The maximum atomic E-state index is 11.7. The minimum absolute atomic E-state index is 0.182. The summed E-state index contributed by atoms with van der Waals surface area (Å²) >= 11 is 0. The topological polar surface area (TPSA) is 26.3 Å². The van der Waals surface area contributed by atoms with Gasteiger partial charge >= 0.3 is 5.97 Å². The highest BCUT2D eigenvalue weighted by Crippen LogP contribution is 2.41. The molecule has 1 heterocycles. The van der Waals surface area contributed by atoms with E-state index in [0.29, 0.717) is 12.2 Å². The lowest BCUT2D eigenvalue weighted by atomic mass is 9.81. The van der Waals surface area contributed by atoms with Gasteiger partial charge in [-0.25, -0.2) is 0 Å². The first-order valence-electron chi connectivity index (χ1n) is 4.61. The fourth-order valence-corrected chi connectivity index (χ4v) is 1.82. The number of hydrogen-bond donors (Lipinski definition) is 0. The molecule has 0 spiro atoms. The summed E-state index contributed by atoms with van der Waals surface area (Å²) in [5.74, 6) is 0.500. The van der Waals surface area contributed by atoms with E-state index >= 15 is 0 Å². The summed E-state index contributed by atoms with van der Waals surface area (Å²) in [5.41, 5.74) is 0.420. The van der Waals surface area contributed by atoms with Crippen LogP contribution in [0.4, 0.5) is 0 Å². The van der Waals surface area contributed by atoms with Gasteiger partial charge in [0.05, 0.1) is 5.41 Å². The smallest absolute Gasteiger partial charge is 0.322 e. The third-order valence-corrected chi connectivity index (χ3v) is 2.69. The molecule has 0 fully saturated rings. The van der Waals surface area contributed by atoms with E-state index in [2.05, 4.69) is 6.58 Å². The first kappa shape index (κ1) is 9.00. The van der Waals surface area contributed by atoms with E-state index in [9.17, 15) is 4.79 Å². The Bertz CT molecular complexity index is 395. The lowest BCUT2D eigenvalue weighted by Gasteiger charge is -2.17. The Morgan fingerprint density at radius 2 is 2.21 bits per heavy atom. The van der Waals surface area contributed by atoms with Crippen molar-refractivity contribution in [2.45, 2.75) is 18.8 Å². The molecule has 2 rings (SSSR count). The van der Waals surface area contributed by atoms with Gasteiger partial charge in [0, 0.05) is 5.56 Å². The number of benzene rings is 1. The molecule has 2 nitrogen and oxygen atoms in total. The van der Waals surface area contributed by atoms with Gasteiger partial charge in [-0.05, 0) is 19.4 Å². The van der Waals surface area contributed by atoms with E-state index in [1.165, 1.54) is 0 Å². The van der Waals surface area contributed by atoms with E-state index in [1.807, 2.05) is 31.2 Å². The molecule has 0 saturated heterocycles. The maximum Gasteiger partial charge on any atom is 0.322 e. The predicted molar refractivity (Wildman–Crippen MR) is 54.2 cm³/mol. The van der Waals surface area contributed by atoms with Crippen LogP contribution in [0.15, 0.2) is 36.9 Å². The number of carbonyl (C=O) groups is 1. The maximum absolute atomic E-state index is 11.7. The number of carbonyl (C=O) groups excluding carboxylic acids is 1. The number of ether oxygens (including phenoxy) is 1. The normalized spacial score (nSPS) is 24.2. The second-order valence-electron chi connectivity index (χ2n) is 3.71. The number of hydrogen-bond acceptors (Lipinski definition) is 2. The molecule has 0 N–H and O–H groups in total. The summed E-state index contributed by atoms with van der Waals surface area (Å²) < 4.78 is 5.19. The van der Waals surface area contributed by atoms with Gasteiger partial charge in [-0.15, -0.1) is 6.58 Å². The largest absolute Gasteiger partial charge is 0.426 e. The third-order valence-electron chi connectivity index (χ3n) is 2.69. The molecule has 1 aliphatic heterocycles. The molecule has 2 heteroatoms. The summed E-state index contributed by atoms with van der Waals surface area (Å²) in [6, 6.07) is 7.54. The molecule has 14 heavy (non-hydrogen) atoms. The summed E-state index contributed by atoms with van der Waals surface area (Å²) in [6.45, 7) is 5.56. The molecular formula is C12H12O2. The van der Waals surface area contributed by atoms with E-state index in [4.69, 9.17) is 4.74 Å². The third kappa shape index (κ3) is 1.07. The lowest BCUT2D eigenvalue weighted by molar-refractivity contribution is -0.137. The van der Waals surface area contributed by atoms with Crippen LogP contribution in [-0.2, 0) is 10.2 Å². The van der Waals surface area contributed by atoms with Gasteiger partial charge in [-0.2, -0.15) is 0 Å². The summed E-state index contributed by atoms with van der Waals surface area (Å²) in [5, 5.41) is 0. The Kier molecular flexibility index (Phi) is 1.92. The van der Waals surface area contributed by atoms with Gasteiger partial charge in [0.25, 0.3) is 0 Å². The summed E-state index contributed by atoms with van der Waals surface area (Å²) in [4.78, 5) is 11.7. The minimum atomic E-state index is -0.543. The lowest BCUT2D eigenvalue weighted by Crippen LogP contribution is -2.29. The molecule has 0 radical (unpaired) electrons. The van der Waals surface area contributed by atoms with E-state index in [1.54, 1.807) is 6.08 Å². The molecule has 1 aromatic carbocycles. The van der Waals surface area contributed by atoms with Gasteiger partial charge in [-0.3, -0.25) is 4.79 Å². The molecule has 0 aliphatic carbocycles. The Hall–Kier alpha value is -1.57. The molecule has 0 aromatic heterocycles. The van der Waals surface area contributed by atoms with Crippen LogP contribution in [0.5, 0.6) is 5.75 Å². The number of rotatable bonds is 2. The van der Waals surface area contributed by atoms with Crippen molar-refractivity contribution in [3.05, 3.63) is 42.5 Å². The van der Waals surface area contributed by atoms with Crippen molar-refractivity contribution in [1.82, 2.24) is 0 Å². The van der Waals surface area contributed by atoms with Crippen molar-refractivity contribution in [3.8, 4) is 5.75 Å². The van der Waals surface area contributed by atoms with Crippen molar-refractivity contribution in [2.75, 3.05) is 0 Å². The van der Waals surface area contributed by atoms with Crippen molar-refractivity contribution >= 4 is 5.97 Å². The monoisotopic (exact) mass is 188 g/mol. The summed E-state index contributed by atoms with van der Waals surface area (Å²) in [7, 11) is 0.